The monoisotopic (exact) mass is 282 g/mol. The highest BCUT2D eigenvalue weighted by atomic mass is 32.2. The SMILES string of the molecule is C#CC(CC)NS(=O)(=O)c1cc(N)c(C)cc1OC. The first-order valence-electron chi connectivity index (χ1n) is 5.78. The van der Waals surface area contributed by atoms with Crippen molar-refractivity contribution in [2.24, 2.45) is 0 Å². The number of anilines is 1. The summed E-state index contributed by atoms with van der Waals surface area (Å²) in [6, 6.07) is 2.40. The second-order valence-corrected chi connectivity index (χ2v) is 5.79. The third-order valence-electron chi connectivity index (χ3n) is 2.75. The van der Waals surface area contributed by atoms with Crippen molar-refractivity contribution in [3.63, 3.8) is 0 Å². The average Bonchev–Trinajstić information content (AvgIpc) is 2.38. The number of hydrogen-bond donors (Lipinski definition) is 2. The number of nitrogens with two attached hydrogens (primary N) is 1. The van der Waals surface area contributed by atoms with Gasteiger partial charge in [0.05, 0.1) is 13.2 Å². The third kappa shape index (κ3) is 3.40. The number of aryl methyl sites for hydroxylation is 1. The molecule has 1 atom stereocenters. The predicted octanol–water partition coefficient (Wildman–Crippen LogP) is 1.28. The molecule has 6 heteroatoms. The molecule has 3 N–H and O–H groups in total. The van der Waals surface area contributed by atoms with Crippen molar-refractivity contribution in [2.45, 2.75) is 31.2 Å². The first-order valence-corrected chi connectivity index (χ1v) is 7.26. The number of nitrogens with one attached hydrogen (secondary N) is 1. The molecular weight excluding hydrogens is 264 g/mol. The van der Waals surface area contributed by atoms with Crippen LogP contribution in [0.2, 0.25) is 0 Å². The molecule has 0 aromatic heterocycles. The Hall–Kier alpha value is -1.71. The quantitative estimate of drug-likeness (QED) is 0.629. The first-order chi connectivity index (χ1) is 8.85. The normalized spacial score (nSPS) is 12.7. The smallest absolute Gasteiger partial charge is 0.245 e. The molecule has 0 saturated carbocycles. The van der Waals surface area contributed by atoms with Crippen LogP contribution in [0, 0.1) is 19.3 Å². The van der Waals surface area contributed by atoms with Gasteiger partial charge < -0.3 is 10.5 Å². The summed E-state index contributed by atoms with van der Waals surface area (Å²) in [5.74, 6) is 2.62. The highest BCUT2D eigenvalue weighted by Crippen LogP contribution is 2.28. The molecule has 1 unspecified atom stereocenters. The lowest BCUT2D eigenvalue weighted by Gasteiger charge is -2.15. The molecular formula is C13H18N2O3S. The van der Waals surface area contributed by atoms with E-state index in [9.17, 15) is 8.42 Å². The first kappa shape index (κ1) is 15.3. The van der Waals surface area contributed by atoms with Crippen LogP contribution in [0.4, 0.5) is 5.69 Å². The summed E-state index contributed by atoms with van der Waals surface area (Å²) in [5, 5.41) is 0. The van der Waals surface area contributed by atoms with Crippen LogP contribution in [-0.2, 0) is 10.0 Å². The van der Waals surface area contributed by atoms with Crippen LogP contribution in [0.3, 0.4) is 0 Å². The van der Waals surface area contributed by atoms with Gasteiger partial charge in [-0.05, 0) is 31.0 Å². The summed E-state index contributed by atoms with van der Waals surface area (Å²) in [6.07, 6.45) is 5.76. The molecule has 1 rings (SSSR count). The number of benzene rings is 1. The van der Waals surface area contributed by atoms with Crippen LogP contribution in [-0.4, -0.2) is 21.6 Å². The van der Waals surface area contributed by atoms with Crippen molar-refractivity contribution in [3.05, 3.63) is 17.7 Å². The Bertz CT molecular complexity index is 603. The van der Waals surface area contributed by atoms with E-state index in [0.29, 0.717) is 12.1 Å². The number of ether oxygens (including phenoxy) is 1. The van der Waals surface area contributed by atoms with Crippen LogP contribution >= 0.6 is 0 Å². The van der Waals surface area contributed by atoms with Crippen LogP contribution in [0.1, 0.15) is 18.9 Å². The van der Waals surface area contributed by atoms with E-state index in [1.54, 1.807) is 19.9 Å². The van der Waals surface area contributed by atoms with Crippen molar-refractivity contribution in [1.82, 2.24) is 4.72 Å². The Morgan fingerprint density at radius 3 is 2.63 bits per heavy atom. The zero-order valence-corrected chi connectivity index (χ0v) is 12.0. The summed E-state index contributed by atoms with van der Waals surface area (Å²) in [6.45, 7) is 3.58. The van der Waals surface area contributed by atoms with E-state index >= 15 is 0 Å². The lowest BCUT2D eigenvalue weighted by atomic mass is 10.2. The second-order valence-electron chi connectivity index (χ2n) is 4.11. The van der Waals surface area contributed by atoms with Crippen molar-refractivity contribution in [3.8, 4) is 18.1 Å². The fourth-order valence-electron chi connectivity index (χ4n) is 1.53. The maximum Gasteiger partial charge on any atom is 0.245 e. The maximum atomic E-state index is 12.3. The van der Waals surface area contributed by atoms with E-state index in [0.717, 1.165) is 5.56 Å². The van der Waals surface area contributed by atoms with Crippen molar-refractivity contribution < 1.29 is 13.2 Å². The van der Waals surface area contributed by atoms with Gasteiger partial charge in [0.1, 0.15) is 10.6 Å². The fourth-order valence-corrected chi connectivity index (χ4v) is 2.96. The van der Waals surface area contributed by atoms with Crippen LogP contribution in [0.5, 0.6) is 5.75 Å². The molecule has 0 saturated heterocycles. The number of nitrogen functional groups attached to an aromatic ring is 1. The van der Waals surface area contributed by atoms with Crippen LogP contribution in [0.15, 0.2) is 17.0 Å². The van der Waals surface area contributed by atoms with Gasteiger partial charge in [0, 0.05) is 5.69 Å². The summed E-state index contributed by atoms with van der Waals surface area (Å²) in [5.41, 5.74) is 6.88. The Kier molecular flexibility index (Phi) is 4.81. The molecule has 0 radical (unpaired) electrons. The number of hydrogen-bond acceptors (Lipinski definition) is 4. The van der Waals surface area contributed by atoms with E-state index in [-0.39, 0.29) is 10.6 Å². The molecule has 0 aliphatic rings. The number of sulfonamides is 1. The third-order valence-corrected chi connectivity index (χ3v) is 4.24. The van der Waals surface area contributed by atoms with Crippen molar-refractivity contribution in [2.75, 3.05) is 12.8 Å². The second kappa shape index (κ2) is 5.95. The summed E-state index contributed by atoms with van der Waals surface area (Å²) in [4.78, 5) is -0.00759. The molecule has 0 aliphatic heterocycles. The highest BCUT2D eigenvalue weighted by Gasteiger charge is 2.23. The molecule has 104 valence electrons. The number of rotatable bonds is 5. The standard InChI is InChI=1S/C13H18N2O3S/c1-5-10(6-2)15-19(16,17)13-8-11(14)9(3)7-12(13)18-4/h1,7-8,10,15H,6,14H2,2-4H3. The molecule has 0 fully saturated rings. The van der Waals surface area contributed by atoms with Gasteiger partial charge in [0.15, 0.2) is 0 Å². The number of methoxy groups -OCH3 is 1. The van der Waals surface area contributed by atoms with Gasteiger partial charge in [-0.3, -0.25) is 0 Å². The van der Waals surface area contributed by atoms with Gasteiger partial charge in [-0.25, -0.2) is 8.42 Å². The molecule has 0 spiro atoms. The van der Waals surface area contributed by atoms with Crippen LogP contribution < -0.4 is 15.2 Å². The van der Waals surface area contributed by atoms with Gasteiger partial charge in [-0.2, -0.15) is 4.72 Å². The maximum absolute atomic E-state index is 12.3. The summed E-state index contributed by atoms with van der Waals surface area (Å²) in [7, 11) is -2.36. The van der Waals surface area contributed by atoms with Gasteiger partial charge in [-0.15, -0.1) is 6.42 Å². The lowest BCUT2D eigenvalue weighted by Crippen LogP contribution is -2.33. The topological polar surface area (TPSA) is 81.4 Å². The van der Waals surface area contributed by atoms with Gasteiger partial charge in [0.2, 0.25) is 10.0 Å². The van der Waals surface area contributed by atoms with Crippen LogP contribution in [0.25, 0.3) is 0 Å². The lowest BCUT2D eigenvalue weighted by molar-refractivity contribution is 0.402. The van der Waals surface area contributed by atoms with Crippen molar-refractivity contribution in [1.29, 1.82) is 0 Å². The van der Waals surface area contributed by atoms with Gasteiger partial charge in [-0.1, -0.05) is 12.8 Å². The Balaban J connectivity index is 3.29. The molecule has 0 aliphatic carbocycles. The largest absolute Gasteiger partial charge is 0.495 e. The minimum atomic E-state index is -3.76. The molecule has 0 heterocycles. The number of terminal acetylenes is 1. The van der Waals surface area contributed by atoms with Gasteiger partial charge >= 0.3 is 0 Å². The molecule has 1 aromatic rings. The predicted molar refractivity (Wildman–Crippen MR) is 75.4 cm³/mol. The highest BCUT2D eigenvalue weighted by molar-refractivity contribution is 7.89. The average molecular weight is 282 g/mol. The van der Waals surface area contributed by atoms with E-state index in [2.05, 4.69) is 10.6 Å². The minimum Gasteiger partial charge on any atom is -0.495 e. The molecule has 1 aromatic carbocycles. The fraction of sp³-hybridized carbons (Fsp3) is 0.385. The van der Waals surface area contributed by atoms with E-state index in [1.807, 2.05) is 0 Å². The summed E-state index contributed by atoms with van der Waals surface area (Å²) < 4.78 is 32.0. The zero-order chi connectivity index (χ0) is 14.6. The minimum absolute atomic E-state index is 0.00759. The molecule has 5 nitrogen and oxygen atoms in total. The Labute approximate surface area is 114 Å². The molecule has 19 heavy (non-hydrogen) atoms. The van der Waals surface area contributed by atoms with Crippen molar-refractivity contribution >= 4 is 15.7 Å². The summed E-state index contributed by atoms with van der Waals surface area (Å²) >= 11 is 0. The molecule has 0 bridgehead atoms. The Morgan fingerprint density at radius 2 is 2.16 bits per heavy atom. The molecule has 0 amide bonds. The zero-order valence-electron chi connectivity index (χ0n) is 11.2. The Morgan fingerprint density at radius 1 is 1.53 bits per heavy atom. The van der Waals surface area contributed by atoms with Gasteiger partial charge in [0.25, 0.3) is 0 Å². The van der Waals surface area contributed by atoms with E-state index < -0.39 is 16.1 Å². The van der Waals surface area contributed by atoms with E-state index in [4.69, 9.17) is 16.9 Å². The van der Waals surface area contributed by atoms with E-state index in [1.165, 1.54) is 13.2 Å².